The van der Waals surface area contributed by atoms with Gasteiger partial charge in [0.25, 0.3) is 5.91 Å². The minimum Gasteiger partial charge on any atom is -0.482 e. The molecule has 0 aliphatic heterocycles. The van der Waals surface area contributed by atoms with Gasteiger partial charge in [-0.3, -0.25) is 10.1 Å². The number of rotatable bonds is 6. The highest BCUT2D eigenvalue weighted by atomic mass is 19.1. The van der Waals surface area contributed by atoms with Crippen molar-refractivity contribution in [2.24, 2.45) is 0 Å². The molecule has 0 radical (unpaired) electrons. The summed E-state index contributed by atoms with van der Waals surface area (Å²) in [6.07, 6.45) is -1.32. The van der Waals surface area contributed by atoms with Gasteiger partial charge in [-0.1, -0.05) is 30.3 Å². The van der Waals surface area contributed by atoms with Gasteiger partial charge in [0.05, 0.1) is 0 Å². The molecular formula is C18H17FN2O5. The van der Waals surface area contributed by atoms with E-state index in [-0.39, 0.29) is 5.75 Å². The van der Waals surface area contributed by atoms with Crippen molar-refractivity contribution < 1.29 is 28.2 Å². The molecule has 2 rings (SSSR count). The van der Waals surface area contributed by atoms with Crippen molar-refractivity contribution >= 4 is 17.9 Å². The predicted octanol–water partition coefficient (Wildman–Crippen LogP) is 1.94. The molecule has 2 N–H and O–H groups in total. The molecule has 7 nitrogen and oxygen atoms in total. The SMILES string of the molecule is CNC(=O)NC(=O)[C@H](OC(=O)COc1ccc(F)cc1)c1ccccc1. The lowest BCUT2D eigenvalue weighted by molar-refractivity contribution is -0.158. The first-order valence-electron chi connectivity index (χ1n) is 7.65. The lowest BCUT2D eigenvalue weighted by Gasteiger charge is -2.17. The van der Waals surface area contributed by atoms with E-state index in [0.29, 0.717) is 5.56 Å². The third-order valence-electron chi connectivity index (χ3n) is 3.22. The Morgan fingerprint density at radius 3 is 2.31 bits per heavy atom. The van der Waals surface area contributed by atoms with E-state index in [0.717, 1.165) is 0 Å². The molecule has 2 aromatic rings. The average Bonchev–Trinajstić information content (AvgIpc) is 2.66. The van der Waals surface area contributed by atoms with Crippen LogP contribution in [0.1, 0.15) is 11.7 Å². The molecule has 0 saturated heterocycles. The molecule has 0 bridgehead atoms. The topological polar surface area (TPSA) is 93.7 Å². The molecule has 0 heterocycles. The Labute approximate surface area is 149 Å². The molecule has 8 heteroatoms. The number of carbonyl (C=O) groups is 3. The van der Waals surface area contributed by atoms with Crippen molar-refractivity contribution in [1.82, 2.24) is 10.6 Å². The van der Waals surface area contributed by atoms with Crippen molar-refractivity contribution in [3.8, 4) is 5.75 Å². The maximum Gasteiger partial charge on any atom is 0.345 e. The molecule has 0 aliphatic carbocycles. The minimum atomic E-state index is -1.32. The fraction of sp³-hybridized carbons (Fsp3) is 0.167. The van der Waals surface area contributed by atoms with Crippen LogP contribution in [-0.4, -0.2) is 31.6 Å². The largest absolute Gasteiger partial charge is 0.482 e. The second kappa shape index (κ2) is 9.16. The highest BCUT2D eigenvalue weighted by Gasteiger charge is 2.26. The summed E-state index contributed by atoms with van der Waals surface area (Å²) in [6, 6.07) is 12.6. The van der Waals surface area contributed by atoms with E-state index in [1.807, 2.05) is 0 Å². The number of amides is 3. The van der Waals surface area contributed by atoms with Gasteiger partial charge in [0.2, 0.25) is 6.10 Å². The van der Waals surface area contributed by atoms with E-state index in [1.165, 1.54) is 31.3 Å². The number of benzene rings is 2. The van der Waals surface area contributed by atoms with Crippen LogP contribution in [-0.2, 0) is 14.3 Å². The summed E-state index contributed by atoms with van der Waals surface area (Å²) in [4.78, 5) is 35.6. The number of carbonyl (C=O) groups excluding carboxylic acids is 3. The van der Waals surface area contributed by atoms with Gasteiger partial charge in [-0.25, -0.2) is 14.0 Å². The Hall–Kier alpha value is -3.42. The van der Waals surface area contributed by atoms with Crippen LogP contribution in [0.25, 0.3) is 0 Å². The van der Waals surface area contributed by atoms with Crippen molar-refractivity contribution in [3.63, 3.8) is 0 Å². The van der Waals surface area contributed by atoms with E-state index in [4.69, 9.17) is 9.47 Å². The van der Waals surface area contributed by atoms with Crippen LogP contribution in [0, 0.1) is 5.82 Å². The van der Waals surface area contributed by atoms with Crippen molar-refractivity contribution in [3.05, 3.63) is 66.0 Å². The van der Waals surface area contributed by atoms with Crippen molar-refractivity contribution in [1.29, 1.82) is 0 Å². The van der Waals surface area contributed by atoms with E-state index < -0.39 is 36.4 Å². The standard InChI is InChI=1S/C18H17FN2O5/c1-20-18(24)21-17(23)16(12-5-3-2-4-6-12)26-15(22)11-25-14-9-7-13(19)8-10-14/h2-10,16H,11H2,1H3,(H2,20,21,23,24)/t16-/m1/s1. The fourth-order valence-electron chi connectivity index (χ4n) is 1.98. The number of nitrogens with one attached hydrogen (secondary N) is 2. The molecule has 26 heavy (non-hydrogen) atoms. The van der Waals surface area contributed by atoms with Crippen molar-refractivity contribution in [2.75, 3.05) is 13.7 Å². The van der Waals surface area contributed by atoms with Crippen LogP contribution in [0.3, 0.4) is 0 Å². The Bertz CT molecular complexity index is 765. The number of imide groups is 1. The average molecular weight is 360 g/mol. The lowest BCUT2D eigenvalue weighted by atomic mass is 10.1. The van der Waals surface area contributed by atoms with Crippen LogP contribution in [0.4, 0.5) is 9.18 Å². The Morgan fingerprint density at radius 2 is 1.69 bits per heavy atom. The van der Waals surface area contributed by atoms with Gasteiger partial charge in [-0.2, -0.15) is 0 Å². The van der Waals surface area contributed by atoms with Gasteiger partial charge in [-0.05, 0) is 24.3 Å². The fourth-order valence-corrected chi connectivity index (χ4v) is 1.98. The zero-order valence-electron chi connectivity index (χ0n) is 13.9. The summed E-state index contributed by atoms with van der Waals surface area (Å²) in [5.74, 6) is -1.79. The van der Waals surface area contributed by atoms with E-state index in [1.54, 1.807) is 30.3 Å². The molecule has 0 spiro atoms. The summed E-state index contributed by atoms with van der Waals surface area (Å²) < 4.78 is 23.2. The number of urea groups is 1. The molecule has 0 aromatic heterocycles. The second-order valence-corrected chi connectivity index (χ2v) is 5.09. The Balaban J connectivity index is 2.03. The molecule has 0 unspecified atom stereocenters. The summed E-state index contributed by atoms with van der Waals surface area (Å²) >= 11 is 0. The molecule has 3 amide bonds. The summed E-state index contributed by atoms with van der Waals surface area (Å²) in [7, 11) is 1.35. The number of ether oxygens (including phenoxy) is 2. The van der Waals surface area contributed by atoms with Crippen LogP contribution in [0.15, 0.2) is 54.6 Å². The molecule has 0 aliphatic rings. The molecule has 1 atom stereocenters. The first kappa shape index (κ1) is 18.9. The Kier molecular flexibility index (Phi) is 6.67. The monoisotopic (exact) mass is 360 g/mol. The first-order valence-corrected chi connectivity index (χ1v) is 7.65. The van der Waals surface area contributed by atoms with Crippen molar-refractivity contribution in [2.45, 2.75) is 6.10 Å². The van der Waals surface area contributed by atoms with Gasteiger partial charge < -0.3 is 14.8 Å². The second-order valence-electron chi connectivity index (χ2n) is 5.09. The van der Waals surface area contributed by atoms with E-state index in [9.17, 15) is 18.8 Å². The molecule has 0 fully saturated rings. The summed E-state index contributed by atoms with van der Waals surface area (Å²) in [6.45, 7) is -0.484. The maximum atomic E-state index is 12.8. The minimum absolute atomic E-state index is 0.273. The third kappa shape index (κ3) is 5.59. The number of halogens is 1. The zero-order valence-corrected chi connectivity index (χ0v) is 13.9. The number of hydrogen-bond donors (Lipinski definition) is 2. The predicted molar refractivity (Wildman–Crippen MR) is 89.8 cm³/mol. The first-order chi connectivity index (χ1) is 12.5. The molecule has 0 saturated carbocycles. The van der Waals surface area contributed by atoms with Crippen LogP contribution < -0.4 is 15.4 Å². The maximum absolute atomic E-state index is 12.8. The zero-order chi connectivity index (χ0) is 18.9. The summed E-state index contributed by atoms with van der Waals surface area (Å²) in [5, 5.41) is 4.30. The number of hydrogen-bond acceptors (Lipinski definition) is 5. The van der Waals surface area contributed by atoms with Crippen LogP contribution in [0.5, 0.6) is 5.75 Å². The molecular weight excluding hydrogens is 343 g/mol. The Morgan fingerprint density at radius 1 is 1.04 bits per heavy atom. The number of esters is 1. The smallest absolute Gasteiger partial charge is 0.345 e. The lowest BCUT2D eigenvalue weighted by Crippen LogP contribution is -2.41. The van der Waals surface area contributed by atoms with E-state index >= 15 is 0 Å². The van der Waals surface area contributed by atoms with E-state index in [2.05, 4.69) is 10.6 Å². The highest BCUT2D eigenvalue weighted by molar-refractivity contribution is 5.97. The molecule has 2 aromatic carbocycles. The summed E-state index contributed by atoms with van der Waals surface area (Å²) in [5.41, 5.74) is 0.393. The van der Waals surface area contributed by atoms with Gasteiger partial charge in [0.15, 0.2) is 6.61 Å². The highest BCUT2D eigenvalue weighted by Crippen LogP contribution is 2.18. The van der Waals surface area contributed by atoms with Gasteiger partial charge in [0.1, 0.15) is 11.6 Å². The third-order valence-corrected chi connectivity index (χ3v) is 3.22. The van der Waals surface area contributed by atoms with Gasteiger partial charge in [0, 0.05) is 12.6 Å². The van der Waals surface area contributed by atoms with Crippen LogP contribution >= 0.6 is 0 Å². The quantitative estimate of drug-likeness (QED) is 0.768. The molecule has 136 valence electrons. The van der Waals surface area contributed by atoms with Gasteiger partial charge in [-0.15, -0.1) is 0 Å². The normalized spacial score (nSPS) is 11.2. The van der Waals surface area contributed by atoms with Crippen LogP contribution in [0.2, 0.25) is 0 Å². The van der Waals surface area contributed by atoms with Gasteiger partial charge >= 0.3 is 12.0 Å².